The van der Waals surface area contributed by atoms with Crippen molar-refractivity contribution in [3.63, 3.8) is 0 Å². The van der Waals surface area contributed by atoms with Crippen LogP contribution in [-0.2, 0) is 14.8 Å². The molecule has 0 fully saturated rings. The number of sulfonamides is 1. The summed E-state index contributed by atoms with van der Waals surface area (Å²) in [7, 11) is -2.19. The van der Waals surface area contributed by atoms with Gasteiger partial charge in [-0.1, -0.05) is 18.2 Å². The van der Waals surface area contributed by atoms with Crippen molar-refractivity contribution in [3.8, 4) is 0 Å². The molecule has 1 aliphatic carbocycles. The number of carbonyl (C=O) groups excluding carboxylic acids is 1. The number of aryl methyl sites for hydroxylation is 1. The number of hydrogen-bond donors (Lipinski definition) is 3. The van der Waals surface area contributed by atoms with E-state index in [4.69, 9.17) is 5.73 Å². The van der Waals surface area contributed by atoms with Gasteiger partial charge in [-0.3, -0.25) is 4.79 Å². The number of nitrogens with two attached hydrogens (primary N) is 1. The Bertz CT molecular complexity index is 683. The molecule has 2 unspecified atom stereocenters. The van der Waals surface area contributed by atoms with E-state index in [9.17, 15) is 13.2 Å². The number of nitrogens with one attached hydrogen (secondary N) is 2. The Morgan fingerprint density at radius 1 is 1.33 bits per heavy atom. The molecule has 1 aromatic rings. The lowest BCUT2D eigenvalue weighted by Gasteiger charge is -2.13. The second-order valence-electron chi connectivity index (χ2n) is 5.06. The van der Waals surface area contributed by atoms with Gasteiger partial charge in [0.1, 0.15) is 0 Å². The maximum Gasteiger partial charge on any atom is 0.240 e. The second kappa shape index (κ2) is 5.97. The van der Waals surface area contributed by atoms with Crippen LogP contribution < -0.4 is 15.8 Å². The van der Waals surface area contributed by atoms with E-state index in [1.165, 1.54) is 19.2 Å². The smallest absolute Gasteiger partial charge is 0.240 e. The van der Waals surface area contributed by atoms with E-state index >= 15 is 0 Å². The van der Waals surface area contributed by atoms with Crippen LogP contribution in [0.15, 0.2) is 35.2 Å². The molecular formula is C14H19N3O3S. The first kappa shape index (κ1) is 15.7. The maximum absolute atomic E-state index is 12.2. The Kier molecular flexibility index (Phi) is 4.46. The Morgan fingerprint density at radius 2 is 2.05 bits per heavy atom. The number of benzene rings is 1. The molecule has 0 aliphatic heterocycles. The quantitative estimate of drug-likeness (QED) is 0.714. The van der Waals surface area contributed by atoms with Crippen molar-refractivity contribution < 1.29 is 13.2 Å². The fourth-order valence-corrected chi connectivity index (χ4v) is 2.92. The van der Waals surface area contributed by atoms with Crippen molar-refractivity contribution in [3.05, 3.63) is 35.9 Å². The largest absolute Gasteiger partial charge is 0.325 e. The number of anilines is 1. The summed E-state index contributed by atoms with van der Waals surface area (Å²) in [5.41, 5.74) is 7.02. The van der Waals surface area contributed by atoms with Gasteiger partial charge in [-0.2, -0.15) is 0 Å². The molecule has 0 saturated carbocycles. The van der Waals surface area contributed by atoms with Crippen molar-refractivity contribution in [2.75, 3.05) is 12.4 Å². The first-order valence-corrected chi connectivity index (χ1v) is 8.11. The van der Waals surface area contributed by atoms with Gasteiger partial charge in [0.25, 0.3) is 0 Å². The number of hydrogen-bond acceptors (Lipinski definition) is 4. The maximum atomic E-state index is 12.2. The molecule has 6 nitrogen and oxygen atoms in total. The average Bonchev–Trinajstić information content (AvgIpc) is 2.87. The minimum Gasteiger partial charge on any atom is -0.325 e. The third kappa shape index (κ3) is 3.49. The third-order valence-electron chi connectivity index (χ3n) is 3.50. The molecule has 4 N–H and O–H groups in total. The first-order chi connectivity index (χ1) is 9.83. The summed E-state index contributed by atoms with van der Waals surface area (Å²) in [5, 5.41) is 2.77. The van der Waals surface area contributed by atoms with Gasteiger partial charge in [0.15, 0.2) is 0 Å². The monoisotopic (exact) mass is 309 g/mol. The van der Waals surface area contributed by atoms with E-state index in [0.717, 1.165) is 5.56 Å². The highest BCUT2D eigenvalue weighted by molar-refractivity contribution is 7.89. The molecule has 21 heavy (non-hydrogen) atoms. The van der Waals surface area contributed by atoms with Gasteiger partial charge in [0.2, 0.25) is 15.9 Å². The van der Waals surface area contributed by atoms with Crippen LogP contribution in [0.25, 0.3) is 0 Å². The van der Waals surface area contributed by atoms with Crippen LogP contribution in [-0.4, -0.2) is 27.4 Å². The second-order valence-corrected chi connectivity index (χ2v) is 6.95. The molecule has 0 spiro atoms. The topological polar surface area (TPSA) is 101 Å². The van der Waals surface area contributed by atoms with Gasteiger partial charge in [-0.15, -0.1) is 0 Å². The van der Waals surface area contributed by atoms with Crippen LogP contribution in [0.4, 0.5) is 5.69 Å². The molecule has 0 saturated heterocycles. The first-order valence-electron chi connectivity index (χ1n) is 6.62. The predicted octanol–water partition coefficient (Wildman–Crippen LogP) is 0.745. The van der Waals surface area contributed by atoms with Crippen LogP contribution in [0, 0.1) is 12.8 Å². The Balaban J connectivity index is 2.22. The molecule has 0 bridgehead atoms. The zero-order valence-corrected chi connectivity index (χ0v) is 12.8. The number of rotatable bonds is 4. The molecule has 2 rings (SSSR count). The van der Waals surface area contributed by atoms with E-state index in [1.807, 2.05) is 6.92 Å². The van der Waals surface area contributed by atoms with E-state index in [-0.39, 0.29) is 22.8 Å². The van der Waals surface area contributed by atoms with Crippen LogP contribution in [0.2, 0.25) is 0 Å². The number of amides is 1. The van der Waals surface area contributed by atoms with Crippen molar-refractivity contribution in [1.82, 2.24) is 4.72 Å². The molecule has 2 atom stereocenters. The summed E-state index contributed by atoms with van der Waals surface area (Å²) in [6.07, 6.45) is 4.15. The van der Waals surface area contributed by atoms with E-state index < -0.39 is 10.0 Å². The number of carbonyl (C=O) groups is 1. The lowest BCUT2D eigenvalue weighted by molar-refractivity contribution is -0.118. The molecule has 0 aromatic heterocycles. The SMILES string of the molecule is CNS(=O)(=O)c1ccc(C)c(NC(=O)C2C=CC(N)C2)c1. The molecule has 1 amide bonds. The summed E-state index contributed by atoms with van der Waals surface area (Å²) in [4.78, 5) is 12.3. The molecule has 7 heteroatoms. The van der Waals surface area contributed by atoms with E-state index in [0.29, 0.717) is 12.1 Å². The minimum atomic E-state index is -3.54. The highest BCUT2D eigenvalue weighted by Gasteiger charge is 2.23. The van der Waals surface area contributed by atoms with Gasteiger partial charge in [-0.05, 0) is 38.1 Å². The molecule has 1 aromatic carbocycles. The van der Waals surface area contributed by atoms with Gasteiger partial charge in [0.05, 0.1) is 10.8 Å². The summed E-state index contributed by atoms with van der Waals surface area (Å²) in [6, 6.07) is 4.52. The zero-order chi connectivity index (χ0) is 15.6. The molecule has 0 radical (unpaired) electrons. The van der Waals surface area contributed by atoms with Crippen LogP contribution in [0.3, 0.4) is 0 Å². The fourth-order valence-electron chi connectivity index (χ4n) is 2.17. The minimum absolute atomic E-state index is 0.0992. The van der Waals surface area contributed by atoms with Crippen LogP contribution in [0.1, 0.15) is 12.0 Å². The van der Waals surface area contributed by atoms with Gasteiger partial charge in [0, 0.05) is 11.7 Å². The molecule has 114 valence electrons. The summed E-state index contributed by atoms with van der Waals surface area (Å²) in [6.45, 7) is 1.81. The van der Waals surface area contributed by atoms with Crippen molar-refractivity contribution in [2.45, 2.75) is 24.3 Å². The Morgan fingerprint density at radius 3 is 2.62 bits per heavy atom. The van der Waals surface area contributed by atoms with Gasteiger partial charge < -0.3 is 11.1 Å². The summed E-state index contributed by atoms with van der Waals surface area (Å²) in [5.74, 6) is -0.453. The predicted molar refractivity (Wildman–Crippen MR) is 81.3 cm³/mol. The van der Waals surface area contributed by atoms with E-state index in [2.05, 4.69) is 10.0 Å². The van der Waals surface area contributed by atoms with Gasteiger partial charge in [-0.25, -0.2) is 13.1 Å². The fraction of sp³-hybridized carbons (Fsp3) is 0.357. The normalized spacial score (nSPS) is 21.5. The van der Waals surface area contributed by atoms with Crippen LogP contribution in [0.5, 0.6) is 0 Å². The average molecular weight is 309 g/mol. The third-order valence-corrected chi connectivity index (χ3v) is 4.91. The standard InChI is InChI=1S/C14H19N3O3S/c1-9-3-6-12(21(19,20)16-2)8-13(9)17-14(18)10-4-5-11(15)7-10/h3-6,8,10-11,16H,7,15H2,1-2H3,(H,17,18). The Labute approximate surface area is 124 Å². The molecular weight excluding hydrogens is 290 g/mol. The highest BCUT2D eigenvalue weighted by atomic mass is 32.2. The van der Waals surface area contributed by atoms with Crippen LogP contribution >= 0.6 is 0 Å². The highest BCUT2D eigenvalue weighted by Crippen LogP contribution is 2.23. The summed E-state index contributed by atoms with van der Waals surface area (Å²) < 4.78 is 25.8. The lowest BCUT2D eigenvalue weighted by Crippen LogP contribution is -2.24. The summed E-state index contributed by atoms with van der Waals surface area (Å²) >= 11 is 0. The van der Waals surface area contributed by atoms with Crippen molar-refractivity contribution in [2.24, 2.45) is 11.7 Å². The zero-order valence-electron chi connectivity index (χ0n) is 12.0. The van der Waals surface area contributed by atoms with Crippen molar-refractivity contribution in [1.29, 1.82) is 0 Å². The lowest BCUT2D eigenvalue weighted by atomic mass is 10.1. The molecule has 0 heterocycles. The van der Waals surface area contributed by atoms with Gasteiger partial charge >= 0.3 is 0 Å². The van der Waals surface area contributed by atoms with Crippen molar-refractivity contribution >= 4 is 21.6 Å². The van der Waals surface area contributed by atoms with E-state index in [1.54, 1.807) is 18.2 Å². The molecule has 1 aliphatic rings. The Hall–Kier alpha value is -1.70.